The van der Waals surface area contributed by atoms with E-state index >= 15 is 0 Å². The lowest BCUT2D eigenvalue weighted by Crippen LogP contribution is -2.38. The van der Waals surface area contributed by atoms with Crippen LogP contribution in [-0.4, -0.2) is 18.2 Å². The van der Waals surface area contributed by atoms with Crippen LogP contribution in [0, 0.1) is 13.8 Å². The molecule has 0 bridgehead atoms. The molecular formula is C17H18O3. The van der Waals surface area contributed by atoms with Crippen LogP contribution >= 0.6 is 0 Å². The first-order valence-corrected chi connectivity index (χ1v) is 6.43. The maximum Gasteiger partial charge on any atom is 0.347 e. The summed E-state index contributed by atoms with van der Waals surface area (Å²) in [6.45, 7) is 3.90. The fourth-order valence-electron chi connectivity index (χ4n) is 2.14. The predicted molar refractivity (Wildman–Crippen MR) is 77.4 cm³/mol. The lowest BCUT2D eigenvalue weighted by Gasteiger charge is -2.26. The van der Waals surface area contributed by atoms with Crippen molar-refractivity contribution in [2.24, 2.45) is 0 Å². The number of aryl methyl sites for hydroxylation is 2. The van der Waals surface area contributed by atoms with E-state index in [0.29, 0.717) is 11.1 Å². The second-order valence-electron chi connectivity index (χ2n) is 4.93. The molecule has 0 saturated carbocycles. The first-order chi connectivity index (χ1) is 9.48. The summed E-state index contributed by atoms with van der Waals surface area (Å²) in [5, 5.41) is 10.9. The minimum absolute atomic E-state index is 0.499. The van der Waals surface area contributed by atoms with Crippen molar-refractivity contribution < 1.29 is 14.6 Å². The third kappa shape index (κ3) is 2.45. The Morgan fingerprint density at radius 1 is 0.900 bits per heavy atom. The first-order valence-electron chi connectivity index (χ1n) is 6.43. The third-order valence-corrected chi connectivity index (χ3v) is 3.42. The molecule has 0 saturated heterocycles. The Morgan fingerprint density at radius 2 is 1.25 bits per heavy atom. The Hall–Kier alpha value is -2.13. The average molecular weight is 270 g/mol. The van der Waals surface area contributed by atoms with Gasteiger partial charge < -0.3 is 9.84 Å². The zero-order valence-electron chi connectivity index (χ0n) is 11.9. The van der Waals surface area contributed by atoms with Crippen molar-refractivity contribution in [3.8, 4) is 0 Å². The molecule has 1 N–H and O–H groups in total. The Bertz CT molecular complexity index is 552. The molecule has 20 heavy (non-hydrogen) atoms. The Morgan fingerprint density at radius 3 is 1.55 bits per heavy atom. The highest BCUT2D eigenvalue weighted by atomic mass is 16.5. The standard InChI is InChI=1S/C17H18O3/c1-12-4-8-14(9-5-12)17(19,16(18)20-3)15-10-6-13(2)7-11-15/h4-11,19H,1-3H3. The number of hydrogen-bond donors (Lipinski definition) is 1. The predicted octanol–water partition coefficient (Wildman–Crippen LogP) is 2.71. The molecule has 0 amide bonds. The number of rotatable bonds is 3. The van der Waals surface area contributed by atoms with E-state index in [0.717, 1.165) is 11.1 Å². The monoisotopic (exact) mass is 270 g/mol. The van der Waals surface area contributed by atoms with Gasteiger partial charge in [-0.3, -0.25) is 0 Å². The number of aliphatic hydroxyl groups is 1. The normalized spacial score (nSPS) is 11.2. The van der Waals surface area contributed by atoms with Crippen molar-refractivity contribution >= 4 is 5.97 Å². The molecule has 0 aromatic heterocycles. The van der Waals surface area contributed by atoms with E-state index in [4.69, 9.17) is 4.74 Å². The van der Waals surface area contributed by atoms with E-state index in [1.165, 1.54) is 7.11 Å². The fourth-order valence-corrected chi connectivity index (χ4v) is 2.14. The molecule has 104 valence electrons. The van der Waals surface area contributed by atoms with Crippen molar-refractivity contribution in [1.82, 2.24) is 0 Å². The number of carbonyl (C=O) groups is 1. The number of methoxy groups -OCH3 is 1. The van der Waals surface area contributed by atoms with Crippen LogP contribution in [0.2, 0.25) is 0 Å². The quantitative estimate of drug-likeness (QED) is 0.872. The highest BCUT2D eigenvalue weighted by Crippen LogP contribution is 2.31. The van der Waals surface area contributed by atoms with Gasteiger partial charge in [0.05, 0.1) is 7.11 Å². The van der Waals surface area contributed by atoms with Crippen molar-refractivity contribution in [3.05, 3.63) is 70.8 Å². The van der Waals surface area contributed by atoms with Gasteiger partial charge in [0.15, 0.2) is 0 Å². The van der Waals surface area contributed by atoms with E-state index in [1.807, 2.05) is 38.1 Å². The van der Waals surface area contributed by atoms with Crippen LogP contribution in [0.5, 0.6) is 0 Å². The van der Waals surface area contributed by atoms with E-state index in [1.54, 1.807) is 24.3 Å². The molecule has 0 spiro atoms. The van der Waals surface area contributed by atoms with Crippen LogP contribution in [-0.2, 0) is 15.1 Å². The van der Waals surface area contributed by atoms with Gasteiger partial charge in [0.25, 0.3) is 0 Å². The zero-order chi connectivity index (χ0) is 14.8. The van der Waals surface area contributed by atoms with Gasteiger partial charge in [-0.1, -0.05) is 59.7 Å². The number of benzene rings is 2. The molecule has 0 heterocycles. The van der Waals surface area contributed by atoms with Gasteiger partial charge in [0.2, 0.25) is 5.60 Å². The highest BCUT2D eigenvalue weighted by molar-refractivity contribution is 5.85. The van der Waals surface area contributed by atoms with Gasteiger partial charge in [-0.05, 0) is 25.0 Å². The Balaban J connectivity index is 2.58. The molecule has 0 atom stereocenters. The molecule has 0 aliphatic heterocycles. The first kappa shape index (κ1) is 14.3. The summed E-state index contributed by atoms with van der Waals surface area (Å²) in [7, 11) is 1.27. The van der Waals surface area contributed by atoms with Crippen molar-refractivity contribution in [1.29, 1.82) is 0 Å². The molecule has 0 unspecified atom stereocenters. The van der Waals surface area contributed by atoms with Crippen molar-refractivity contribution in [2.75, 3.05) is 7.11 Å². The fraction of sp³-hybridized carbons (Fsp3) is 0.235. The third-order valence-electron chi connectivity index (χ3n) is 3.42. The molecule has 0 fully saturated rings. The minimum atomic E-state index is -1.78. The summed E-state index contributed by atoms with van der Waals surface area (Å²) in [4.78, 5) is 12.1. The number of carbonyl (C=O) groups excluding carboxylic acids is 1. The van der Waals surface area contributed by atoms with Crippen LogP contribution in [0.3, 0.4) is 0 Å². The molecule has 3 nitrogen and oxygen atoms in total. The van der Waals surface area contributed by atoms with Crippen LogP contribution < -0.4 is 0 Å². The van der Waals surface area contributed by atoms with E-state index in [2.05, 4.69) is 0 Å². The lowest BCUT2D eigenvalue weighted by molar-refractivity contribution is -0.158. The van der Waals surface area contributed by atoms with Gasteiger partial charge in [0.1, 0.15) is 0 Å². The minimum Gasteiger partial charge on any atom is -0.466 e. The maximum absolute atomic E-state index is 12.1. The van der Waals surface area contributed by atoms with E-state index < -0.39 is 11.6 Å². The molecule has 2 aromatic carbocycles. The van der Waals surface area contributed by atoms with Gasteiger partial charge in [-0.15, -0.1) is 0 Å². The molecule has 2 rings (SSSR count). The maximum atomic E-state index is 12.1. The number of ether oxygens (including phenoxy) is 1. The van der Waals surface area contributed by atoms with Crippen LogP contribution in [0.4, 0.5) is 0 Å². The highest BCUT2D eigenvalue weighted by Gasteiger charge is 2.41. The molecule has 3 heteroatoms. The Kier molecular flexibility index (Phi) is 3.91. The summed E-state index contributed by atoms with van der Waals surface area (Å²) >= 11 is 0. The van der Waals surface area contributed by atoms with Crippen LogP contribution in [0.25, 0.3) is 0 Å². The molecule has 0 aliphatic rings. The van der Waals surface area contributed by atoms with Gasteiger partial charge in [-0.25, -0.2) is 4.79 Å². The average Bonchev–Trinajstić information content (AvgIpc) is 2.47. The molecule has 0 radical (unpaired) electrons. The Labute approximate surface area is 118 Å². The topological polar surface area (TPSA) is 46.5 Å². The summed E-state index contributed by atoms with van der Waals surface area (Å²) < 4.78 is 4.80. The number of esters is 1. The summed E-state index contributed by atoms with van der Waals surface area (Å²) in [5.41, 5.74) is 1.34. The summed E-state index contributed by atoms with van der Waals surface area (Å²) in [6, 6.07) is 14.4. The molecule has 2 aromatic rings. The SMILES string of the molecule is COC(=O)C(O)(c1ccc(C)cc1)c1ccc(C)cc1. The van der Waals surface area contributed by atoms with E-state index in [9.17, 15) is 9.90 Å². The van der Waals surface area contributed by atoms with Crippen LogP contribution in [0.1, 0.15) is 22.3 Å². The van der Waals surface area contributed by atoms with Gasteiger partial charge >= 0.3 is 5.97 Å². The second-order valence-corrected chi connectivity index (χ2v) is 4.93. The van der Waals surface area contributed by atoms with Crippen molar-refractivity contribution in [2.45, 2.75) is 19.4 Å². The lowest BCUT2D eigenvalue weighted by atomic mass is 9.85. The van der Waals surface area contributed by atoms with Gasteiger partial charge in [-0.2, -0.15) is 0 Å². The van der Waals surface area contributed by atoms with Crippen LogP contribution in [0.15, 0.2) is 48.5 Å². The second kappa shape index (κ2) is 5.47. The van der Waals surface area contributed by atoms with Crippen molar-refractivity contribution in [3.63, 3.8) is 0 Å². The smallest absolute Gasteiger partial charge is 0.347 e. The zero-order valence-corrected chi connectivity index (χ0v) is 11.9. The molecule has 0 aliphatic carbocycles. The van der Waals surface area contributed by atoms with E-state index in [-0.39, 0.29) is 0 Å². The van der Waals surface area contributed by atoms with Gasteiger partial charge in [0, 0.05) is 0 Å². The largest absolute Gasteiger partial charge is 0.466 e. The number of hydrogen-bond acceptors (Lipinski definition) is 3. The summed E-state index contributed by atoms with van der Waals surface area (Å²) in [6.07, 6.45) is 0. The summed E-state index contributed by atoms with van der Waals surface area (Å²) in [5.74, 6) is -0.690. The molecular weight excluding hydrogens is 252 g/mol.